The normalized spacial score (nSPS) is 19.7. The average Bonchev–Trinajstić information content (AvgIpc) is 2.85. The summed E-state index contributed by atoms with van der Waals surface area (Å²) in [6.45, 7) is 5.62. The summed E-state index contributed by atoms with van der Waals surface area (Å²) in [5.41, 5.74) is 1.31. The molecule has 0 radical (unpaired) electrons. The predicted molar refractivity (Wildman–Crippen MR) is 73.2 cm³/mol. The van der Waals surface area contributed by atoms with Crippen LogP contribution in [0.1, 0.15) is 24.4 Å². The molecule has 1 saturated heterocycles. The van der Waals surface area contributed by atoms with Gasteiger partial charge in [-0.1, -0.05) is 36.4 Å². The van der Waals surface area contributed by atoms with Gasteiger partial charge in [0.1, 0.15) is 0 Å². The van der Waals surface area contributed by atoms with E-state index < -0.39 is 0 Å². The monoisotopic (exact) mass is 244 g/mol. The van der Waals surface area contributed by atoms with E-state index in [1.54, 1.807) is 6.08 Å². The van der Waals surface area contributed by atoms with Gasteiger partial charge in [0.2, 0.25) is 5.91 Å². The first-order valence-corrected chi connectivity index (χ1v) is 6.48. The minimum Gasteiger partial charge on any atom is -0.352 e. The maximum atomic E-state index is 11.7. The van der Waals surface area contributed by atoms with Crippen LogP contribution in [0.2, 0.25) is 0 Å². The van der Waals surface area contributed by atoms with Crippen molar-refractivity contribution in [3.63, 3.8) is 0 Å². The number of nitrogens with zero attached hydrogens (tertiary/aromatic N) is 1. The second-order valence-electron chi connectivity index (χ2n) is 4.63. The molecule has 3 nitrogen and oxygen atoms in total. The predicted octanol–water partition coefficient (Wildman–Crippen LogP) is 2.13. The zero-order valence-corrected chi connectivity index (χ0v) is 10.6. The molecule has 1 aliphatic heterocycles. The minimum absolute atomic E-state index is 0.0812. The second-order valence-corrected chi connectivity index (χ2v) is 4.63. The summed E-state index contributed by atoms with van der Waals surface area (Å²) < 4.78 is 0. The fraction of sp³-hybridized carbons (Fsp3) is 0.400. The van der Waals surface area contributed by atoms with Crippen LogP contribution in [0.25, 0.3) is 0 Å². The Balaban J connectivity index is 1.96. The molecule has 2 rings (SSSR count). The van der Waals surface area contributed by atoms with E-state index in [0.29, 0.717) is 19.1 Å². The van der Waals surface area contributed by atoms with Crippen LogP contribution < -0.4 is 5.32 Å². The number of carbonyl (C=O) groups excluding carboxylic acids is 1. The highest BCUT2D eigenvalue weighted by molar-refractivity contribution is 5.78. The van der Waals surface area contributed by atoms with Crippen LogP contribution in [-0.4, -0.2) is 30.4 Å². The molecule has 1 atom stereocenters. The molecule has 0 saturated carbocycles. The van der Waals surface area contributed by atoms with Crippen LogP contribution >= 0.6 is 0 Å². The number of rotatable bonds is 5. The van der Waals surface area contributed by atoms with Crippen molar-refractivity contribution in [2.45, 2.75) is 18.9 Å². The molecule has 18 heavy (non-hydrogen) atoms. The van der Waals surface area contributed by atoms with E-state index >= 15 is 0 Å². The molecule has 1 unspecified atom stereocenters. The van der Waals surface area contributed by atoms with Crippen LogP contribution in [0.4, 0.5) is 0 Å². The van der Waals surface area contributed by atoms with Gasteiger partial charge < -0.3 is 5.32 Å². The van der Waals surface area contributed by atoms with Gasteiger partial charge in [0.15, 0.2) is 0 Å². The standard InChI is InChI=1S/C15H20N2O/c1-2-10-16-15(18)12-17-11-6-9-14(17)13-7-4-3-5-8-13/h2-5,7-8,14H,1,6,9-12H2,(H,16,18). The molecule has 0 spiro atoms. The summed E-state index contributed by atoms with van der Waals surface area (Å²) in [6.07, 6.45) is 4.00. The molecular formula is C15H20N2O. The summed E-state index contributed by atoms with van der Waals surface area (Å²) >= 11 is 0. The lowest BCUT2D eigenvalue weighted by atomic mass is 10.0. The van der Waals surface area contributed by atoms with Gasteiger partial charge in [-0.2, -0.15) is 0 Å². The zero-order valence-electron chi connectivity index (χ0n) is 10.6. The molecule has 1 aromatic rings. The van der Waals surface area contributed by atoms with Gasteiger partial charge in [0.25, 0.3) is 0 Å². The molecule has 1 fully saturated rings. The molecule has 1 N–H and O–H groups in total. The summed E-state index contributed by atoms with van der Waals surface area (Å²) in [6, 6.07) is 10.8. The van der Waals surface area contributed by atoms with Gasteiger partial charge in [-0.25, -0.2) is 0 Å². The fourth-order valence-electron chi connectivity index (χ4n) is 2.49. The third-order valence-corrected chi connectivity index (χ3v) is 3.34. The number of benzene rings is 1. The molecule has 0 bridgehead atoms. The maximum Gasteiger partial charge on any atom is 0.234 e. The Bertz CT molecular complexity index is 402. The lowest BCUT2D eigenvalue weighted by Crippen LogP contribution is -2.36. The summed E-state index contributed by atoms with van der Waals surface area (Å²) in [4.78, 5) is 14.0. The van der Waals surface area contributed by atoms with E-state index in [4.69, 9.17) is 0 Å². The number of amides is 1. The van der Waals surface area contributed by atoms with Crippen molar-refractivity contribution in [2.75, 3.05) is 19.6 Å². The Morgan fingerprint density at radius 1 is 1.44 bits per heavy atom. The summed E-state index contributed by atoms with van der Waals surface area (Å²) in [7, 11) is 0. The molecule has 0 aromatic heterocycles. The first-order valence-electron chi connectivity index (χ1n) is 6.48. The minimum atomic E-state index is 0.0812. The SMILES string of the molecule is C=CCNC(=O)CN1CCCC1c1ccccc1. The van der Waals surface area contributed by atoms with E-state index in [1.165, 1.54) is 5.56 Å². The fourth-order valence-corrected chi connectivity index (χ4v) is 2.49. The zero-order chi connectivity index (χ0) is 12.8. The Morgan fingerprint density at radius 2 is 2.22 bits per heavy atom. The highest BCUT2D eigenvalue weighted by Gasteiger charge is 2.26. The van der Waals surface area contributed by atoms with Gasteiger partial charge in [-0.05, 0) is 24.9 Å². The van der Waals surface area contributed by atoms with Crippen molar-refractivity contribution in [3.05, 3.63) is 48.6 Å². The first-order chi connectivity index (χ1) is 8.81. The lowest BCUT2D eigenvalue weighted by Gasteiger charge is -2.24. The number of hydrogen-bond donors (Lipinski definition) is 1. The van der Waals surface area contributed by atoms with E-state index in [-0.39, 0.29) is 5.91 Å². The van der Waals surface area contributed by atoms with Crippen LogP contribution in [0.3, 0.4) is 0 Å². The molecule has 0 aliphatic carbocycles. The van der Waals surface area contributed by atoms with Crippen LogP contribution in [0, 0.1) is 0 Å². The molecule has 3 heteroatoms. The Labute approximate surface area is 108 Å². The molecule has 1 aliphatic rings. The van der Waals surface area contributed by atoms with Crippen LogP contribution in [0.15, 0.2) is 43.0 Å². The largest absolute Gasteiger partial charge is 0.352 e. The third-order valence-electron chi connectivity index (χ3n) is 3.34. The Morgan fingerprint density at radius 3 is 2.94 bits per heavy atom. The second kappa shape index (κ2) is 6.36. The van der Waals surface area contributed by atoms with E-state index in [1.807, 2.05) is 6.07 Å². The lowest BCUT2D eigenvalue weighted by molar-refractivity contribution is -0.122. The number of carbonyl (C=O) groups is 1. The van der Waals surface area contributed by atoms with E-state index in [2.05, 4.69) is 41.1 Å². The van der Waals surface area contributed by atoms with E-state index in [0.717, 1.165) is 19.4 Å². The third kappa shape index (κ3) is 3.20. The average molecular weight is 244 g/mol. The highest BCUT2D eigenvalue weighted by Crippen LogP contribution is 2.31. The number of nitrogens with one attached hydrogen (secondary N) is 1. The van der Waals surface area contributed by atoms with Crippen molar-refractivity contribution in [1.82, 2.24) is 10.2 Å². The quantitative estimate of drug-likeness (QED) is 0.805. The van der Waals surface area contributed by atoms with Gasteiger partial charge in [0, 0.05) is 12.6 Å². The molecule has 1 heterocycles. The van der Waals surface area contributed by atoms with E-state index in [9.17, 15) is 4.79 Å². The molecule has 96 valence electrons. The Hall–Kier alpha value is -1.61. The van der Waals surface area contributed by atoms with Gasteiger partial charge in [0.05, 0.1) is 6.54 Å². The highest BCUT2D eigenvalue weighted by atomic mass is 16.2. The number of likely N-dealkylation sites (tertiary alicyclic amines) is 1. The van der Waals surface area contributed by atoms with Crippen molar-refractivity contribution in [1.29, 1.82) is 0 Å². The van der Waals surface area contributed by atoms with Crippen molar-refractivity contribution in [3.8, 4) is 0 Å². The molecule has 1 aromatic carbocycles. The molecular weight excluding hydrogens is 224 g/mol. The van der Waals surface area contributed by atoms with Crippen molar-refractivity contribution < 1.29 is 4.79 Å². The van der Waals surface area contributed by atoms with Gasteiger partial charge >= 0.3 is 0 Å². The maximum absolute atomic E-state index is 11.7. The summed E-state index contributed by atoms with van der Waals surface area (Å²) in [5.74, 6) is 0.0812. The van der Waals surface area contributed by atoms with Crippen LogP contribution in [-0.2, 0) is 4.79 Å². The van der Waals surface area contributed by atoms with Crippen molar-refractivity contribution in [2.24, 2.45) is 0 Å². The topological polar surface area (TPSA) is 32.3 Å². The van der Waals surface area contributed by atoms with Gasteiger partial charge in [-0.3, -0.25) is 9.69 Å². The first kappa shape index (κ1) is 12.8. The summed E-state index contributed by atoms with van der Waals surface area (Å²) in [5, 5.41) is 2.83. The van der Waals surface area contributed by atoms with Crippen molar-refractivity contribution >= 4 is 5.91 Å². The molecule has 1 amide bonds. The van der Waals surface area contributed by atoms with Crippen LogP contribution in [0.5, 0.6) is 0 Å². The smallest absolute Gasteiger partial charge is 0.234 e. The number of hydrogen-bond acceptors (Lipinski definition) is 2. The Kier molecular flexibility index (Phi) is 4.53. The van der Waals surface area contributed by atoms with Gasteiger partial charge in [-0.15, -0.1) is 6.58 Å².